The average molecular weight is 226 g/mol. The number of aliphatic hydroxyl groups is 1. The number of urea groups is 1. The van der Waals surface area contributed by atoms with Gasteiger partial charge in [-0.2, -0.15) is 0 Å². The Kier molecular flexibility index (Phi) is 3.38. The van der Waals surface area contributed by atoms with Crippen molar-refractivity contribution >= 4 is 6.03 Å². The average Bonchev–Trinajstić information content (AvgIpc) is 2.21. The van der Waals surface area contributed by atoms with Gasteiger partial charge in [0, 0.05) is 13.1 Å². The van der Waals surface area contributed by atoms with Crippen molar-refractivity contribution in [3.63, 3.8) is 0 Å². The molecule has 2 atom stereocenters. The van der Waals surface area contributed by atoms with Crippen molar-refractivity contribution in [2.24, 2.45) is 5.92 Å². The lowest BCUT2D eigenvalue weighted by Crippen LogP contribution is -2.54. The molecule has 2 amide bonds. The lowest BCUT2D eigenvalue weighted by atomic mass is 9.78. The van der Waals surface area contributed by atoms with E-state index < -0.39 is 5.60 Å². The first-order valence-corrected chi connectivity index (χ1v) is 6.34. The molecule has 4 heteroatoms. The summed E-state index contributed by atoms with van der Waals surface area (Å²) in [5.41, 5.74) is -0.646. The van der Waals surface area contributed by atoms with E-state index in [-0.39, 0.29) is 6.03 Å². The van der Waals surface area contributed by atoms with Gasteiger partial charge in [0.1, 0.15) is 0 Å². The Hall–Kier alpha value is -0.770. The molecule has 16 heavy (non-hydrogen) atoms. The van der Waals surface area contributed by atoms with E-state index in [2.05, 4.69) is 12.2 Å². The summed E-state index contributed by atoms with van der Waals surface area (Å²) in [4.78, 5) is 13.4. The fourth-order valence-electron chi connectivity index (χ4n) is 2.96. The van der Waals surface area contributed by atoms with Crippen LogP contribution in [0.15, 0.2) is 0 Å². The van der Waals surface area contributed by atoms with Gasteiger partial charge in [0.25, 0.3) is 0 Å². The number of β-amino-alcohol motifs (C(OH)–C–C–N with tert-alkyl or cyclic N) is 1. The van der Waals surface area contributed by atoms with Crippen molar-refractivity contribution in [2.75, 3.05) is 19.6 Å². The smallest absolute Gasteiger partial charge is 0.317 e. The molecule has 0 aromatic heterocycles. The Morgan fingerprint density at radius 1 is 1.56 bits per heavy atom. The van der Waals surface area contributed by atoms with E-state index in [1.807, 2.05) is 0 Å². The molecule has 2 unspecified atom stereocenters. The van der Waals surface area contributed by atoms with Crippen molar-refractivity contribution in [1.82, 2.24) is 10.2 Å². The minimum Gasteiger partial charge on any atom is -0.388 e. The molecule has 0 bridgehead atoms. The molecule has 0 spiro atoms. The predicted octanol–water partition coefficient (Wildman–Crippen LogP) is 1.34. The van der Waals surface area contributed by atoms with Crippen molar-refractivity contribution in [2.45, 2.75) is 44.6 Å². The van der Waals surface area contributed by atoms with Gasteiger partial charge in [-0.1, -0.05) is 19.8 Å². The lowest BCUT2D eigenvalue weighted by Gasteiger charge is -2.40. The summed E-state index contributed by atoms with van der Waals surface area (Å²) in [5.74, 6) is 0.576. The predicted molar refractivity (Wildman–Crippen MR) is 62.2 cm³/mol. The molecule has 0 aromatic carbocycles. The van der Waals surface area contributed by atoms with E-state index in [1.165, 1.54) is 6.42 Å². The first-order chi connectivity index (χ1) is 7.59. The largest absolute Gasteiger partial charge is 0.388 e. The summed E-state index contributed by atoms with van der Waals surface area (Å²) < 4.78 is 0. The van der Waals surface area contributed by atoms with Crippen LogP contribution < -0.4 is 5.32 Å². The number of carbonyl (C=O) groups is 1. The zero-order chi connectivity index (χ0) is 11.6. The summed E-state index contributed by atoms with van der Waals surface area (Å²) in [6.07, 6.45) is 4.93. The fraction of sp³-hybridized carbons (Fsp3) is 0.917. The van der Waals surface area contributed by atoms with E-state index in [0.29, 0.717) is 12.5 Å². The van der Waals surface area contributed by atoms with Gasteiger partial charge in [-0.3, -0.25) is 0 Å². The Morgan fingerprint density at radius 3 is 3.06 bits per heavy atom. The lowest BCUT2D eigenvalue weighted by molar-refractivity contribution is -0.0334. The van der Waals surface area contributed by atoms with Gasteiger partial charge in [0.05, 0.1) is 12.1 Å². The second kappa shape index (κ2) is 4.62. The summed E-state index contributed by atoms with van der Waals surface area (Å²) in [7, 11) is 0. The quantitative estimate of drug-likeness (QED) is 0.746. The highest BCUT2D eigenvalue weighted by molar-refractivity contribution is 5.74. The first kappa shape index (κ1) is 11.7. The number of carbonyl (C=O) groups excluding carboxylic acids is 1. The molecule has 1 saturated carbocycles. The molecule has 1 aliphatic heterocycles. The zero-order valence-electron chi connectivity index (χ0n) is 10.0. The molecule has 2 N–H and O–H groups in total. The summed E-state index contributed by atoms with van der Waals surface area (Å²) >= 11 is 0. The second-order valence-corrected chi connectivity index (χ2v) is 5.43. The van der Waals surface area contributed by atoms with Crippen molar-refractivity contribution < 1.29 is 9.90 Å². The topological polar surface area (TPSA) is 52.6 Å². The van der Waals surface area contributed by atoms with Crippen LogP contribution in [0.3, 0.4) is 0 Å². The van der Waals surface area contributed by atoms with Gasteiger partial charge in [-0.05, 0) is 25.2 Å². The number of rotatable bonds is 2. The van der Waals surface area contributed by atoms with Gasteiger partial charge >= 0.3 is 6.03 Å². The van der Waals surface area contributed by atoms with Crippen molar-refractivity contribution in [3.05, 3.63) is 0 Å². The summed E-state index contributed by atoms with van der Waals surface area (Å²) in [6.45, 7) is 4.23. The monoisotopic (exact) mass is 226 g/mol. The van der Waals surface area contributed by atoms with E-state index >= 15 is 0 Å². The normalized spacial score (nSPS) is 36.0. The molecular weight excluding hydrogens is 204 g/mol. The molecule has 1 aliphatic carbocycles. The zero-order valence-corrected chi connectivity index (χ0v) is 10.0. The van der Waals surface area contributed by atoms with Gasteiger partial charge in [0.15, 0.2) is 0 Å². The number of hydrogen-bond acceptors (Lipinski definition) is 2. The Bertz CT molecular complexity index is 270. The number of hydrogen-bond donors (Lipinski definition) is 2. The van der Waals surface area contributed by atoms with Crippen LogP contribution in [0.4, 0.5) is 4.79 Å². The second-order valence-electron chi connectivity index (χ2n) is 5.43. The Morgan fingerprint density at radius 2 is 2.38 bits per heavy atom. The highest BCUT2D eigenvalue weighted by Crippen LogP contribution is 2.32. The molecule has 2 aliphatic rings. The first-order valence-electron chi connectivity index (χ1n) is 6.34. The van der Waals surface area contributed by atoms with Gasteiger partial charge in [0.2, 0.25) is 0 Å². The molecule has 2 rings (SSSR count). The number of amides is 2. The maximum Gasteiger partial charge on any atom is 0.317 e. The van der Waals surface area contributed by atoms with Crippen molar-refractivity contribution in [3.8, 4) is 0 Å². The van der Waals surface area contributed by atoms with Crippen LogP contribution in [0.2, 0.25) is 0 Å². The van der Waals surface area contributed by atoms with Gasteiger partial charge < -0.3 is 15.3 Å². The van der Waals surface area contributed by atoms with Crippen molar-refractivity contribution in [1.29, 1.82) is 0 Å². The third-order valence-electron chi connectivity index (χ3n) is 3.72. The minimum atomic E-state index is -0.646. The SMILES string of the molecule is CC1CCCC(O)(CN2CCCNC2=O)C1. The van der Waals surface area contributed by atoms with Crippen LogP contribution >= 0.6 is 0 Å². The molecule has 1 heterocycles. The fourth-order valence-corrected chi connectivity index (χ4v) is 2.96. The van der Waals surface area contributed by atoms with Gasteiger partial charge in [-0.15, -0.1) is 0 Å². The summed E-state index contributed by atoms with van der Waals surface area (Å²) in [5, 5.41) is 13.3. The van der Waals surface area contributed by atoms with Crippen LogP contribution in [0.1, 0.15) is 39.0 Å². The standard InChI is InChI=1S/C12H22N2O2/c1-10-4-2-5-12(16,8-10)9-14-7-3-6-13-11(14)15/h10,16H,2-9H2,1H3,(H,13,15). The highest BCUT2D eigenvalue weighted by atomic mass is 16.3. The molecule has 1 saturated heterocycles. The third-order valence-corrected chi connectivity index (χ3v) is 3.72. The Labute approximate surface area is 97.0 Å². The van der Waals surface area contributed by atoms with Crippen LogP contribution in [0, 0.1) is 5.92 Å². The van der Waals surface area contributed by atoms with E-state index in [0.717, 1.165) is 38.8 Å². The molecular formula is C12H22N2O2. The Balaban J connectivity index is 1.93. The van der Waals surface area contributed by atoms with Crippen LogP contribution in [-0.4, -0.2) is 41.3 Å². The van der Waals surface area contributed by atoms with Gasteiger partial charge in [-0.25, -0.2) is 4.79 Å². The number of nitrogens with one attached hydrogen (secondary N) is 1. The van der Waals surface area contributed by atoms with E-state index in [9.17, 15) is 9.90 Å². The van der Waals surface area contributed by atoms with Crippen LogP contribution in [0.5, 0.6) is 0 Å². The molecule has 0 radical (unpaired) electrons. The number of nitrogens with zero attached hydrogens (tertiary/aromatic N) is 1. The third kappa shape index (κ3) is 2.67. The van der Waals surface area contributed by atoms with Crippen LogP contribution in [0.25, 0.3) is 0 Å². The van der Waals surface area contributed by atoms with E-state index in [4.69, 9.17) is 0 Å². The van der Waals surface area contributed by atoms with Crippen LogP contribution in [-0.2, 0) is 0 Å². The molecule has 0 aromatic rings. The molecule has 4 nitrogen and oxygen atoms in total. The summed E-state index contributed by atoms with van der Waals surface area (Å²) in [6, 6.07) is -0.0158. The minimum absolute atomic E-state index is 0.0158. The molecule has 92 valence electrons. The maximum absolute atomic E-state index is 11.6. The maximum atomic E-state index is 11.6. The molecule has 2 fully saturated rings. The van der Waals surface area contributed by atoms with E-state index in [1.54, 1.807) is 4.90 Å². The highest BCUT2D eigenvalue weighted by Gasteiger charge is 2.36.